The second-order valence-corrected chi connectivity index (χ2v) is 8.20. The van der Waals surface area contributed by atoms with E-state index in [1.54, 1.807) is 45.0 Å². The molecule has 0 spiro atoms. The molecule has 32 heavy (non-hydrogen) atoms. The average molecular weight is 440 g/mol. The summed E-state index contributed by atoms with van der Waals surface area (Å²) < 4.78 is 12.4. The number of hydrogen-bond donors (Lipinski definition) is 1. The van der Waals surface area contributed by atoms with E-state index in [2.05, 4.69) is 4.74 Å². The third kappa shape index (κ3) is 4.56. The van der Waals surface area contributed by atoms with Crippen molar-refractivity contribution in [2.45, 2.75) is 38.8 Å². The Balaban J connectivity index is 2.15. The monoisotopic (exact) mass is 440 g/mol. The van der Waals surface area contributed by atoms with Crippen LogP contribution in [0.15, 0.2) is 53.6 Å². The highest BCUT2D eigenvalue weighted by Gasteiger charge is 2.30. The summed E-state index contributed by atoms with van der Waals surface area (Å²) in [6.07, 6.45) is 1.60. The van der Waals surface area contributed by atoms with E-state index in [9.17, 15) is 24.3 Å². The number of rotatable bonds is 5. The highest BCUT2D eigenvalue weighted by atomic mass is 16.6. The zero-order valence-electron chi connectivity index (χ0n) is 18.2. The fourth-order valence-corrected chi connectivity index (χ4v) is 3.47. The van der Waals surface area contributed by atoms with Gasteiger partial charge >= 0.3 is 18.0 Å². The molecule has 1 atom stereocenters. The molecule has 9 heteroatoms. The van der Waals surface area contributed by atoms with Gasteiger partial charge in [0.15, 0.2) is 0 Å². The third-order valence-corrected chi connectivity index (χ3v) is 4.81. The van der Waals surface area contributed by atoms with Crippen LogP contribution in [0, 0.1) is 0 Å². The molecule has 0 aliphatic heterocycles. The molecule has 0 aliphatic rings. The van der Waals surface area contributed by atoms with Gasteiger partial charge in [-0.15, -0.1) is 0 Å². The van der Waals surface area contributed by atoms with E-state index in [1.807, 2.05) is 0 Å². The molecule has 0 saturated carbocycles. The van der Waals surface area contributed by atoms with Gasteiger partial charge in [0.2, 0.25) is 0 Å². The van der Waals surface area contributed by atoms with Crippen molar-refractivity contribution >= 4 is 28.9 Å². The fraction of sp³-hybridized carbons (Fsp3) is 0.304. The minimum absolute atomic E-state index is 0.0275. The summed E-state index contributed by atoms with van der Waals surface area (Å²) in [4.78, 5) is 49.8. The lowest BCUT2D eigenvalue weighted by atomic mass is 10.0. The highest BCUT2D eigenvalue weighted by Crippen LogP contribution is 2.26. The molecular weight excluding hydrogens is 416 g/mol. The van der Waals surface area contributed by atoms with Gasteiger partial charge in [-0.2, -0.15) is 0 Å². The van der Waals surface area contributed by atoms with Crippen molar-refractivity contribution < 1.29 is 29.0 Å². The Bertz CT molecular complexity index is 1250. The molecule has 1 N–H and O–H groups in total. The second kappa shape index (κ2) is 8.70. The van der Waals surface area contributed by atoms with Crippen LogP contribution in [-0.2, 0) is 20.7 Å². The molecule has 168 valence electrons. The summed E-state index contributed by atoms with van der Waals surface area (Å²) in [7, 11) is 1.16. The number of hydrogen-bond acceptors (Lipinski definition) is 6. The molecule has 1 unspecified atom stereocenters. The molecule has 1 aromatic carbocycles. The summed E-state index contributed by atoms with van der Waals surface area (Å²) in [6, 6.07) is 8.49. The number of fused-ring (bicyclic) bond motifs is 1. The second-order valence-electron chi connectivity index (χ2n) is 8.20. The maximum atomic E-state index is 13.1. The largest absolute Gasteiger partial charge is 0.465 e. The minimum Gasteiger partial charge on any atom is -0.465 e. The summed E-state index contributed by atoms with van der Waals surface area (Å²) in [6.45, 7) is 5.10. The van der Waals surface area contributed by atoms with Crippen LogP contribution in [0.3, 0.4) is 0 Å². The minimum atomic E-state index is -1.17. The average Bonchev–Trinajstić information content (AvgIpc) is 3.09. The first-order chi connectivity index (χ1) is 15.0. The van der Waals surface area contributed by atoms with E-state index in [-0.39, 0.29) is 12.0 Å². The summed E-state index contributed by atoms with van der Waals surface area (Å²) in [5.74, 6) is -1.51. The van der Waals surface area contributed by atoms with E-state index in [0.29, 0.717) is 16.5 Å². The molecule has 0 fully saturated rings. The van der Waals surface area contributed by atoms with Gasteiger partial charge in [-0.05, 0) is 44.5 Å². The Labute approximate surface area is 183 Å². The first-order valence-electron chi connectivity index (χ1n) is 9.88. The van der Waals surface area contributed by atoms with Crippen molar-refractivity contribution in [3.63, 3.8) is 0 Å². The van der Waals surface area contributed by atoms with Gasteiger partial charge in [0.25, 0.3) is 5.56 Å². The number of benzene rings is 1. The van der Waals surface area contributed by atoms with Crippen LogP contribution >= 0.6 is 0 Å². The number of nitrogens with zero attached hydrogens (tertiary/aromatic N) is 2. The fourth-order valence-electron chi connectivity index (χ4n) is 3.47. The molecule has 3 aromatic rings. The standard InChI is InChI=1S/C23H24N2O7/c1-23(2,3)32-21(28)18(24-11-7-9-16(19(24)26)20(27)31-4)12-14-13-25(22(29)30)17-10-6-5-8-15(14)17/h5-11,13,18H,12H2,1-4H3,(H,29,30). The predicted octanol–water partition coefficient (Wildman–Crippen LogP) is 3.24. The van der Waals surface area contributed by atoms with Gasteiger partial charge in [0.1, 0.15) is 17.2 Å². The summed E-state index contributed by atoms with van der Waals surface area (Å²) >= 11 is 0. The van der Waals surface area contributed by atoms with Crippen molar-refractivity contribution in [2.75, 3.05) is 7.11 Å². The van der Waals surface area contributed by atoms with Crippen molar-refractivity contribution in [1.29, 1.82) is 0 Å². The van der Waals surface area contributed by atoms with Gasteiger partial charge in [0, 0.05) is 24.2 Å². The molecular formula is C23H24N2O7. The first-order valence-corrected chi connectivity index (χ1v) is 9.88. The van der Waals surface area contributed by atoms with Gasteiger partial charge in [-0.3, -0.25) is 9.36 Å². The van der Waals surface area contributed by atoms with E-state index < -0.39 is 35.2 Å². The number of carbonyl (C=O) groups is 3. The van der Waals surface area contributed by atoms with Gasteiger partial charge in [0.05, 0.1) is 12.6 Å². The molecule has 2 aromatic heterocycles. The molecule has 0 amide bonds. The van der Waals surface area contributed by atoms with Gasteiger partial charge in [-0.25, -0.2) is 14.4 Å². The SMILES string of the molecule is COC(=O)c1cccn(C(Cc2cn(C(=O)O)c3ccccc23)C(=O)OC(C)(C)C)c1=O. The van der Waals surface area contributed by atoms with Crippen LogP contribution in [0.2, 0.25) is 0 Å². The maximum absolute atomic E-state index is 13.1. The van der Waals surface area contributed by atoms with Gasteiger partial charge < -0.3 is 19.1 Å². The van der Waals surface area contributed by atoms with Crippen LogP contribution in [-0.4, -0.2) is 45.0 Å². The quantitative estimate of drug-likeness (QED) is 0.605. The number of ether oxygens (including phenoxy) is 2. The molecule has 3 rings (SSSR count). The third-order valence-electron chi connectivity index (χ3n) is 4.81. The molecule has 0 bridgehead atoms. The van der Waals surface area contributed by atoms with Crippen LogP contribution < -0.4 is 5.56 Å². The molecule has 0 aliphatic carbocycles. The van der Waals surface area contributed by atoms with Gasteiger partial charge in [-0.1, -0.05) is 18.2 Å². The Kier molecular flexibility index (Phi) is 6.20. The Morgan fingerprint density at radius 2 is 1.78 bits per heavy atom. The molecule has 2 heterocycles. The number of para-hydroxylation sites is 1. The predicted molar refractivity (Wildman–Crippen MR) is 116 cm³/mol. The van der Waals surface area contributed by atoms with E-state index in [1.165, 1.54) is 24.5 Å². The Morgan fingerprint density at radius 3 is 2.41 bits per heavy atom. The smallest absolute Gasteiger partial charge is 0.416 e. The van der Waals surface area contributed by atoms with Crippen LogP contribution in [0.1, 0.15) is 42.7 Å². The van der Waals surface area contributed by atoms with Crippen molar-refractivity contribution in [2.24, 2.45) is 0 Å². The Morgan fingerprint density at radius 1 is 1.09 bits per heavy atom. The normalized spacial score (nSPS) is 12.4. The van der Waals surface area contributed by atoms with Crippen LogP contribution in [0.4, 0.5) is 4.79 Å². The van der Waals surface area contributed by atoms with E-state index >= 15 is 0 Å². The van der Waals surface area contributed by atoms with Crippen molar-refractivity contribution in [1.82, 2.24) is 9.13 Å². The van der Waals surface area contributed by atoms with Crippen LogP contribution in [0.25, 0.3) is 10.9 Å². The lowest BCUT2D eigenvalue weighted by molar-refractivity contribution is -0.159. The highest BCUT2D eigenvalue weighted by molar-refractivity contribution is 5.92. The van der Waals surface area contributed by atoms with Crippen LogP contribution in [0.5, 0.6) is 0 Å². The molecule has 9 nitrogen and oxygen atoms in total. The number of carbonyl (C=O) groups excluding carboxylic acids is 2. The van der Waals surface area contributed by atoms with E-state index in [4.69, 9.17) is 4.74 Å². The number of methoxy groups -OCH3 is 1. The van der Waals surface area contributed by atoms with Crippen molar-refractivity contribution in [3.8, 4) is 0 Å². The molecule has 0 saturated heterocycles. The van der Waals surface area contributed by atoms with Crippen molar-refractivity contribution in [3.05, 3.63) is 70.3 Å². The Hall–Kier alpha value is -3.88. The topological polar surface area (TPSA) is 117 Å². The number of aromatic nitrogens is 2. The lowest BCUT2D eigenvalue weighted by Crippen LogP contribution is -2.37. The van der Waals surface area contributed by atoms with E-state index in [0.717, 1.165) is 16.2 Å². The summed E-state index contributed by atoms with van der Waals surface area (Å²) in [5.41, 5.74) is -0.773. The summed E-state index contributed by atoms with van der Waals surface area (Å²) in [5, 5.41) is 10.2. The molecule has 0 radical (unpaired) electrons. The maximum Gasteiger partial charge on any atom is 0.416 e. The zero-order chi connectivity index (χ0) is 23.6. The zero-order valence-corrected chi connectivity index (χ0v) is 18.2. The number of carboxylic acid groups (broad SMARTS) is 1. The first kappa shape index (κ1) is 22.8. The lowest BCUT2D eigenvalue weighted by Gasteiger charge is -2.25. The number of pyridine rings is 1. The number of esters is 2.